The lowest BCUT2D eigenvalue weighted by Gasteiger charge is -2.04. The molecule has 7 heteroatoms. The lowest BCUT2D eigenvalue weighted by atomic mass is 10.2. The molecule has 3 aromatic rings. The van der Waals surface area contributed by atoms with Gasteiger partial charge in [0.05, 0.1) is 17.6 Å². The molecule has 0 aliphatic rings. The third-order valence-corrected chi connectivity index (χ3v) is 3.00. The van der Waals surface area contributed by atoms with Crippen LogP contribution in [0, 0.1) is 12.7 Å². The molecule has 0 aliphatic carbocycles. The molecule has 2 N–H and O–H groups in total. The second-order valence-electron chi connectivity index (χ2n) is 4.48. The van der Waals surface area contributed by atoms with Crippen molar-refractivity contribution < 1.29 is 4.39 Å². The topological polar surface area (TPSA) is 74.5 Å². The van der Waals surface area contributed by atoms with Crippen molar-refractivity contribution in [2.75, 3.05) is 5.73 Å². The van der Waals surface area contributed by atoms with Crippen molar-refractivity contribution in [3.8, 4) is 0 Å². The Bertz CT molecular complexity index is 757. The summed E-state index contributed by atoms with van der Waals surface area (Å²) in [7, 11) is 1.80. The SMILES string of the molecule is Cc1cc2c(cc1F)nc(N)n2Cc1ncn(C)n1. The fraction of sp³-hybridized carbons (Fsp3) is 0.250. The number of halogens is 1. The van der Waals surface area contributed by atoms with Gasteiger partial charge in [0, 0.05) is 13.1 Å². The average Bonchev–Trinajstić information content (AvgIpc) is 2.87. The van der Waals surface area contributed by atoms with E-state index in [1.165, 1.54) is 6.07 Å². The maximum absolute atomic E-state index is 13.5. The summed E-state index contributed by atoms with van der Waals surface area (Å²) >= 11 is 0. The van der Waals surface area contributed by atoms with Crippen LogP contribution >= 0.6 is 0 Å². The van der Waals surface area contributed by atoms with Crippen molar-refractivity contribution in [3.05, 3.63) is 35.7 Å². The Morgan fingerprint density at radius 1 is 1.37 bits per heavy atom. The molecule has 19 heavy (non-hydrogen) atoms. The number of benzene rings is 1. The first-order chi connectivity index (χ1) is 9.04. The highest BCUT2D eigenvalue weighted by atomic mass is 19.1. The maximum atomic E-state index is 13.5. The average molecular weight is 260 g/mol. The van der Waals surface area contributed by atoms with Gasteiger partial charge in [-0.15, -0.1) is 0 Å². The van der Waals surface area contributed by atoms with Gasteiger partial charge in [-0.1, -0.05) is 0 Å². The molecule has 0 atom stereocenters. The van der Waals surface area contributed by atoms with E-state index in [0.717, 1.165) is 5.52 Å². The zero-order valence-electron chi connectivity index (χ0n) is 10.6. The second-order valence-corrected chi connectivity index (χ2v) is 4.48. The lowest BCUT2D eigenvalue weighted by molar-refractivity contribution is 0.620. The van der Waals surface area contributed by atoms with Gasteiger partial charge in [-0.2, -0.15) is 5.10 Å². The minimum atomic E-state index is -0.284. The number of fused-ring (bicyclic) bond motifs is 1. The minimum Gasteiger partial charge on any atom is -0.369 e. The number of aromatic nitrogens is 5. The van der Waals surface area contributed by atoms with Crippen LogP contribution in [-0.4, -0.2) is 24.3 Å². The number of nitrogen functional groups attached to an aromatic ring is 1. The van der Waals surface area contributed by atoms with Crippen LogP contribution in [-0.2, 0) is 13.6 Å². The van der Waals surface area contributed by atoms with Gasteiger partial charge < -0.3 is 10.3 Å². The summed E-state index contributed by atoms with van der Waals surface area (Å²) in [6, 6.07) is 3.13. The van der Waals surface area contributed by atoms with Gasteiger partial charge >= 0.3 is 0 Å². The van der Waals surface area contributed by atoms with Gasteiger partial charge in [0.2, 0.25) is 5.95 Å². The second kappa shape index (κ2) is 4.04. The molecule has 6 nitrogen and oxygen atoms in total. The van der Waals surface area contributed by atoms with E-state index in [-0.39, 0.29) is 5.82 Å². The maximum Gasteiger partial charge on any atom is 0.201 e. The van der Waals surface area contributed by atoms with Crippen LogP contribution in [0.5, 0.6) is 0 Å². The van der Waals surface area contributed by atoms with E-state index in [1.807, 2.05) is 0 Å². The third-order valence-electron chi connectivity index (χ3n) is 3.00. The van der Waals surface area contributed by atoms with Crippen molar-refractivity contribution in [1.29, 1.82) is 0 Å². The zero-order valence-corrected chi connectivity index (χ0v) is 10.6. The number of hydrogen-bond donors (Lipinski definition) is 1. The molecule has 1 aromatic carbocycles. The van der Waals surface area contributed by atoms with Gasteiger partial charge in [-0.05, 0) is 18.6 Å². The van der Waals surface area contributed by atoms with E-state index < -0.39 is 0 Å². The molecule has 2 heterocycles. The molecule has 2 aromatic heterocycles. The van der Waals surface area contributed by atoms with Gasteiger partial charge in [0.1, 0.15) is 12.1 Å². The molecule has 0 amide bonds. The van der Waals surface area contributed by atoms with Crippen molar-refractivity contribution in [3.63, 3.8) is 0 Å². The summed E-state index contributed by atoms with van der Waals surface area (Å²) in [5.74, 6) is 0.677. The highest BCUT2D eigenvalue weighted by Crippen LogP contribution is 2.22. The molecule has 98 valence electrons. The zero-order chi connectivity index (χ0) is 13.6. The van der Waals surface area contributed by atoms with Crippen LogP contribution < -0.4 is 5.73 Å². The van der Waals surface area contributed by atoms with Crippen molar-refractivity contribution >= 4 is 17.0 Å². The molecule has 0 aliphatic heterocycles. The first-order valence-corrected chi connectivity index (χ1v) is 5.81. The van der Waals surface area contributed by atoms with Gasteiger partial charge in [-0.3, -0.25) is 4.68 Å². The molecular formula is C12H13FN6. The number of nitrogens with two attached hydrogens (primary N) is 1. The largest absolute Gasteiger partial charge is 0.369 e. The highest BCUT2D eigenvalue weighted by molar-refractivity contribution is 5.79. The highest BCUT2D eigenvalue weighted by Gasteiger charge is 2.12. The molecule has 0 radical (unpaired) electrons. The number of hydrogen-bond acceptors (Lipinski definition) is 4. The number of nitrogens with zero attached hydrogens (tertiary/aromatic N) is 5. The molecular weight excluding hydrogens is 247 g/mol. The van der Waals surface area contributed by atoms with E-state index in [2.05, 4.69) is 15.1 Å². The molecule has 3 rings (SSSR count). The van der Waals surface area contributed by atoms with Crippen molar-refractivity contribution in [1.82, 2.24) is 24.3 Å². The normalized spacial score (nSPS) is 11.3. The first-order valence-electron chi connectivity index (χ1n) is 5.81. The summed E-state index contributed by atoms with van der Waals surface area (Å²) in [6.45, 7) is 2.12. The first kappa shape index (κ1) is 11.6. The van der Waals surface area contributed by atoms with Crippen LogP contribution in [0.2, 0.25) is 0 Å². The van der Waals surface area contributed by atoms with Crippen LogP contribution in [0.4, 0.5) is 10.3 Å². The summed E-state index contributed by atoms with van der Waals surface area (Å²) in [5, 5.41) is 4.20. The van der Waals surface area contributed by atoms with Crippen LogP contribution in [0.15, 0.2) is 18.5 Å². The van der Waals surface area contributed by atoms with Gasteiger partial charge in [-0.25, -0.2) is 14.4 Å². The lowest BCUT2D eigenvalue weighted by Crippen LogP contribution is -2.06. The summed E-state index contributed by atoms with van der Waals surface area (Å²) < 4.78 is 16.9. The Labute approximate surface area is 108 Å². The fourth-order valence-corrected chi connectivity index (χ4v) is 2.03. The van der Waals surface area contributed by atoms with E-state index in [9.17, 15) is 4.39 Å². The predicted octanol–water partition coefficient (Wildman–Crippen LogP) is 1.24. The molecule has 0 spiro atoms. The van der Waals surface area contributed by atoms with E-state index in [1.54, 1.807) is 35.6 Å². The van der Waals surface area contributed by atoms with Crippen molar-refractivity contribution in [2.24, 2.45) is 7.05 Å². The van der Waals surface area contributed by atoms with E-state index in [0.29, 0.717) is 29.4 Å². The monoisotopic (exact) mass is 260 g/mol. The third kappa shape index (κ3) is 1.92. The molecule has 0 bridgehead atoms. The number of anilines is 1. The Morgan fingerprint density at radius 3 is 2.84 bits per heavy atom. The minimum absolute atomic E-state index is 0.284. The quantitative estimate of drug-likeness (QED) is 0.752. The van der Waals surface area contributed by atoms with Gasteiger partial charge in [0.15, 0.2) is 5.82 Å². The smallest absolute Gasteiger partial charge is 0.201 e. The summed E-state index contributed by atoms with van der Waals surface area (Å²) in [6.07, 6.45) is 1.62. The Balaban J connectivity index is 2.12. The number of rotatable bonds is 2. The van der Waals surface area contributed by atoms with Gasteiger partial charge in [0.25, 0.3) is 0 Å². The predicted molar refractivity (Wildman–Crippen MR) is 68.9 cm³/mol. The molecule has 0 unspecified atom stereocenters. The Morgan fingerprint density at radius 2 is 2.16 bits per heavy atom. The summed E-state index contributed by atoms with van der Waals surface area (Å²) in [5.41, 5.74) is 7.75. The molecule has 0 saturated heterocycles. The number of aryl methyl sites for hydroxylation is 2. The summed E-state index contributed by atoms with van der Waals surface area (Å²) in [4.78, 5) is 8.31. The Kier molecular flexibility index (Phi) is 2.48. The van der Waals surface area contributed by atoms with Crippen molar-refractivity contribution in [2.45, 2.75) is 13.5 Å². The molecule has 0 fully saturated rings. The van der Waals surface area contributed by atoms with Crippen LogP contribution in [0.1, 0.15) is 11.4 Å². The number of imidazole rings is 1. The standard InChI is InChI=1S/C12H13FN6/c1-7-3-10-9(4-8(7)13)16-12(14)19(10)5-11-15-6-18(2)17-11/h3-4,6H,5H2,1-2H3,(H2,14,16). The van der Waals surface area contributed by atoms with Crippen LogP contribution in [0.3, 0.4) is 0 Å². The van der Waals surface area contributed by atoms with E-state index >= 15 is 0 Å². The van der Waals surface area contributed by atoms with E-state index in [4.69, 9.17) is 5.73 Å². The molecule has 0 saturated carbocycles. The Hall–Kier alpha value is -2.44. The fourth-order valence-electron chi connectivity index (χ4n) is 2.03. The van der Waals surface area contributed by atoms with Crippen LogP contribution in [0.25, 0.3) is 11.0 Å².